The van der Waals surface area contributed by atoms with Gasteiger partial charge in [-0.2, -0.15) is 0 Å². The molecular formula is C12H12Br2S2. The number of hydrogen-bond acceptors (Lipinski definition) is 2. The Kier molecular flexibility index (Phi) is 5.07. The van der Waals surface area contributed by atoms with Gasteiger partial charge in [0.1, 0.15) is 0 Å². The predicted molar refractivity (Wildman–Crippen MR) is 80.7 cm³/mol. The fraction of sp³-hybridized carbons (Fsp3) is 0.333. The molecule has 16 heavy (non-hydrogen) atoms. The van der Waals surface area contributed by atoms with E-state index in [4.69, 9.17) is 0 Å². The van der Waals surface area contributed by atoms with E-state index < -0.39 is 0 Å². The lowest BCUT2D eigenvalue weighted by Gasteiger charge is -1.97. The van der Waals surface area contributed by atoms with Gasteiger partial charge in [0.25, 0.3) is 0 Å². The molecule has 0 atom stereocenters. The van der Waals surface area contributed by atoms with E-state index in [2.05, 4.69) is 56.1 Å². The Morgan fingerprint density at radius 3 is 1.50 bits per heavy atom. The molecule has 0 aliphatic rings. The van der Waals surface area contributed by atoms with E-state index in [1.165, 1.54) is 43.0 Å². The van der Waals surface area contributed by atoms with E-state index in [1.807, 2.05) is 22.7 Å². The minimum Gasteiger partial charge on any atom is -0.133 e. The maximum Gasteiger partial charge on any atom is 0.0701 e. The second-order valence-corrected chi connectivity index (χ2v) is 8.71. The molecule has 4 heteroatoms. The Bertz CT molecular complexity index is 403. The molecule has 0 saturated heterocycles. The highest BCUT2D eigenvalue weighted by Crippen LogP contribution is 2.25. The summed E-state index contributed by atoms with van der Waals surface area (Å²) in [7, 11) is 0. The van der Waals surface area contributed by atoms with E-state index in [-0.39, 0.29) is 0 Å². The first kappa shape index (κ1) is 12.8. The molecule has 0 radical (unpaired) electrons. The van der Waals surface area contributed by atoms with Gasteiger partial charge in [-0.1, -0.05) is 0 Å². The van der Waals surface area contributed by atoms with Gasteiger partial charge in [-0.25, -0.2) is 0 Å². The molecule has 0 bridgehead atoms. The summed E-state index contributed by atoms with van der Waals surface area (Å²) in [6.45, 7) is 0. The maximum atomic E-state index is 3.50. The second kappa shape index (κ2) is 6.34. The Balaban J connectivity index is 1.69. The smallest absolute Gasteiger partial charge is 0.0701 e. The van der Waals surface area contributed by atoms with Crippen molar-refractivity contribution in [1.82, 2.24) is 0 Å². The van der Waals surface area contributed by atoms with Gasteiger partial charge in [0.05, 0.1) is 7.57 Å². The lowest BCUT2D eigenvalue weighted by Crippen LogP contribution is -1.84. The third-order valence-corrected chi connectivity index (χ3v) is 5.72. The minimum atomic E-state index is 1.21. The van der Waals surface area contributed by atoms with Gasteiger partial charge >= 0.3 is 0 Å². The molecule has 0 fully saturated rings. The summed E-state index contributed by atoms with van der Waals surface area (Å²) in [4.78, 5) is 2.97. The Morgan fingerprint density at radius 2 is 1.19 bits per heavy atom. The molecule has 0 aromatic carbocycles. The highest BCUT2D eigenvalue weighted by molar-refractivity contribution is 9.11. The van der Waals surface area contributed by atoms with Crippen molar-refractivity contribution in [2.75, 3.05) is 0 Å². The summed E-state index contributed by atoms with van der Waals surface area (Å²) < 4.78 is 2.48. The molecule has 0 amide bonds. The molecule has 0 N–H and O–H groups in total. The van der Waals surface area contributed by atoms with Crippen LogP contribution < -0.4 is 0 Å². The Morgan fingerprint density at radius 1 is 0.750 bits per heavy atom. The second-order valence-electron chi connectivity index (χ2n) is 3.62. The van der Waals surface area contributed by atoms with Crippen LogP contribution in [0.25, 0.3) is 0 Å². The highest BCUT2D eigenvalue weighted by atomic mass is 79.9. The van der Waals surface area contributed by atoms with Crippen LogP contribution in [0.1, 0.15) is 22.6 Å². The number of rotatable bonds is 5. The molecule has 2 aromatic heterocycles. The van der Waals surface area contributed by atoms with Crippen molar-refractivity contribution in [1.29, 1.82) is 0 Å². The van der Waals surface area contributed by atoms with E-state index in [0.29, 0.717) is 0 Å². The lowest BCUT2D eigenvalue weighted by atomic mass is 10.1. The van der Waals surface area contributed by atoms with Gasteiger partial charge in [-0.05, 0) is 81.8 Å². The fourth-order valence-electron chi connectivity index (χ4n) is 1.57. The number of halogens is 2. The summed E-state index contributed by atoms with van der Waals surface area (Å²) in [5, 5.41) is 0. The van der Waals surface area contributed by atoms with Crippen molar-refractivity contribution in [3.8, 4) is 0 Å². The molecule has 0 unspecified atom stereocenters. The third-order valence-electron chi connectivity index (χ3n) is 2.35. The van der Waals surface area contributed by atoms with Crippen molar-refractivity contribution >= 4 is 54.5 Å². The predicted octanol–water partition coefficient (Wildman–Crippen LogP) is 5.90. The monoisotopic (exact) mass is 378 g/mol. The zero-order valence-corrected chi connectivity index (χ0v) is 13.5. The highest BCUT2D eigenvalue weighted by Gasteiger charge is 2.00. The zero-order valence-electron chi connectivity index (χ0n) is 8.71. The van der Waals surface area contributed by atoms with Gasteiger partial charge in [-0.3, -0.25) is 0 Å². The first-order valence-corrected chi connectivity index (χ1v) is 8.44. The first-order valence-electron chi connectivity index (χ1n) is 5.22. The van der Waals surface area contributed by atoms with Gasteiger partial charge in [0, 0.05) is 9.75 Å². The normalized spacial score (nSPS) is 10.9. The van der Waals surface area contributed by atoms with E-state index >= 15 is 0 Å². The molecule has 0 saturated carbocycles. The average molecular weight is 380 g/mol. The summed E-state index contributed by atoms with van der Waals surface area (Å²) in [6, 6.07) is 8.71. The molecule has 2 aromatic rings. The number of thiophene rings is 2. The van der Waals surface area contributed by atoms with Crippen molar-refractivity contribution in [2.45, 2.75) is 25.7 Å². The molecule has 0 aliphatic heterocycles. The van der Waals surface area contributed by atoms with Crippen LogP contribution in [0.2, 0.25) is 0 Å². The minimum absolute atomic E-state index is 1.21. The van der Waals surface area contributed by atoms with Crippen LogP contribution in [-0.4, -0.2) is 0 Å². The van der Waals surface area contributed by atoms with Crippen molar-refractivity contribution < 1.29 is 0 Å². The average Bonchev–Trinajstić information content (AvgIpc) is 2.83. The molecule has 2 heterocycles. The largest absolute Gasteiger partial charge is 0.133 e. The van der Waals surface area contributed by atoms with Crippen LogP contribution in [0.15, 0.2) is 31.8 Å². The van der Waals surface area contributed by atoms with Gasteiger partial charge < -0.3 is 0 Å². The zero-order chi connectivity index (χ0) is 11.4. The van der Waals surface area contributed by atoms with E-state index in [1.54, 1.807) is 0 Å². The lowest BCUT2D eigenvalue weighted by molar-refractivity contribution is 0.746. The summed E-state index contributed by atoms with van der Waals surface area (Å²) in [5.74, 6) is 0. The van der Waals surface area contributed by atoms with Gasteiger partial charge in [0.2, 0.25) is 0 Å². The quantitative estimate of drug-likeness (QED) is 0.567. The van der Waals surface area contributed by atoms with Gasteiger partial charge in [0.15, 0.2) is 0 Å². The standard InChI is InChI=1S/C12H12Br2S2/c13-11-7-5-9(15-11)3-1-2-4-10-6-8-12(14)16-10/h5-8H,1-4H2. The van der Waals surface area contributed by atoms with Crippen LogP contribution in [-0.2, 0) is 12.8 Å². The fourth-order valence-corrected chi connectivity index (χ4v) is 4.62. The van der Waals surface area contributed by atoms with E-state index in [0.717, 1.165) is 0 Å². The number of unbranched alkanes of at least 4 members (excludes halogenated alkanes) is 1. The SMILES string of the molecule is Brc1ccc(CCCCc2ccc(Br)s2)s1. The van der Waals surface area contributed by atoms with E-state index in [9.17, 15) is 0 Å². The molecule has 0 nitrogen and oxygen atoms in total. The summed E-state index contributed by atoms with van der Waals surface area (Å²) in [5.41, 5.74) is 0. The van der Waals surface area contributed by atoms with Crippen LogP contribution >= 0.6 is 54.5 Å². The number of hydrogen-bond donors (Lipinski definition) is 0. The van der Waals surface area contributed by atoms with Crippen molar-refractivity contribution in [2.24, 2.45) is 0 Å². The van der Waals surface area contributed by atoms with Crippen molar-refractivity contribution in [3.05, 3.63) is 41.6 Å². The number of aryl methyl sites for hydroxylation is 2. The summed E-state index contributed by atoms with van der Waals surface area (Å²) >= 11 is 10.7. The maximum absolute atomic E-state index is 3.50. The third kappa shape index (κ3) is 3.99. The Labute approximate surface area is 121 Å². The Hall–Kier alpha value is 0.360. The molecular weight excluding hydrogens is 368 g/mol. The summed E-state index contributed by atoms with van der Waals surface area (Å²) in [6.07, 6.45) is 4.98. The molecule has 86 valence electrons. The topological polar surface area (TPSA) is 0 Å². The van der Waals surface area contributed by atoms with Crippen molar-refractivity contribution in [3.63, 3.8) is 0 Å². The van der Waals surface area contributed by atoms with Crippen LogP contribution in [0.5, 0.6) is 0 Å². The first-order chi connectivity index (χ1) is 7.74. The van der Waals surface area contributed by atoms with Gasteiger partial charge in [-0.15, -0.1) is 22.7 Å². The molecule has 0 aliphatic carbocycles. The van der Waals surface area contributed by atoms with Crippen LogP contribution in [0, 0.1) is 0 Å². The van der Waals surface area contributed by atoms with Crippen LogP contribution in [0.4, 0.5) is 0 Å². The van der Waals surface area contributed by atoms with Crippen LogP contribution in [0.3, 0.4) is 0 Å². The molecule has 2 rings (SSSR count). The molecule has 0 spiro atoms.